The molecule has 0 fully saturated rings. The maximum Gasteiger partial charge on any atom is 0.0541 e. The molecule has 1 aromatic heterocycles. The molecule has 0 aliphatic carbocycles. The van der Waals surface area contributed by atoms with Gasteiger partial charge in [-0.2, -0.15) is 0 Å². The zero-order valence-electron chi connectivity index (χ0n) is 9.38. The Bertz CT molecular complexity index is 252. The van der Waals surface area contributed by atoms with E-state index < -0.39 is 0 Å². The minimum Gasteiger partial charge on any atom is -0.306 e. The third-order valence-corrected chi connectivity index (χ3v) is 2.98. The number of hydrogen-bond acceptors (Lipinski definition) is 2. The molecule has 0 bridgehead atoms. The van der Waals surface area contributed by atoms with E-state index in [1.54, 1.807) is 0 Å². The molecule has 1 rings (SSSR count). The number of pyridine rings is 1. The monoisotopic (exact) mass is 192 g/mol. The van der Waals surface area contributed by atoms with Crippen LogP contribution in [0.4, 0.5) is 0 Å². The van der Waals surface area contributed by atoms with Crippen LogP contribution in [0, 0.1) is 0 Å². The van der Waals surface area contributed by atoms with Crippen LogP contribution in [0.1, 0.15) is 39.3 Å². The number of aromatic nitrogens is 1. The van der Waals surface area contributed by atoms with E-state index >= 15 is 0 Å². The maximum atomic E-state index is 4.29. The molecule has 78 valence electrons. The van der Waals surface area contributed by atoms with Crippen molar-refractivity contribution < 1.29 is 0 Å². The van der Waals surface area contributed by atoms with Crippen LogP contribution < -0.4 is 5.32 Å². The Morgan fingerprint density at radius 1 is 1.29 bits per heavy atom. The smallest absolute Gasteiger partial charge is 0.0541 e. The lowest BCUT2D eigenvalue weighted by molar-refractivity contribution is 0.328. The summed E-state index contributed by atoms with van der Waals surface area (Å²) in [6.07, 6.45) is 4.14. The molecule has 0 saturated heterocycles. The second-order valence-electron chi connectivity index (χ2n) is 3.94. The average Bonchev–Trinajstić information content (AvgIpc) is 2.27. The van der Waals surface area contributed by atoms with Crippen molar-refractivity contribution in [2.45, 2.75) is 45.7 Å². The van der Waals surface area contributed by atoms with Gasteiger partial charge in [0.1, 0.15) is 0 Å². The molecule has 0 aliphatic rings. The molecule has 1 aromatic rings. The van der Waals surface area contributed by atoms with Crippen molar-refractivity contribution in [2.24, 2.45) is 0 Å². The van der Waals surface area contributed by atoms with Crippen molar-refractivity contribution in [2.75, 3.05) is 0 Å². The zero-order valence-corrected chi connectivity index (χ0v) is 9.38. The molecule has 0 spiro atoms. The molecule has 2 heteroatoms. The fraction of sp³-hybridized carbons (Fsp3) is 0.583. The molecule has 0 aliphatic heterocycles. The Morgan fingerprint density at radius 3 is 2.50 bits per heavy atom. The van der Waals surface area contributed by atoms with Gasteiger partial charge in [0.25, 0.3) is 0 Å². The fourth-order valence-electron chi connectivity index (χ4n) is 1.31. The first-order valence-electron chi connectivity index (χ1n) is 5.35. The molecular weight excluding hydrogens is 172 g/mol. The second-order valence-corrected chi connectivity index (χ2v) is 3.94. The van der Waals surface area contributed by atoms with Crippen molar-refractivity contribution >= 4 is 0 Å². The quantitative estimate of drug-likeness (QED) is 0.776. The highest BCUT2D eigenvalue weighted by atomic mass is 15.0. The largest absolute Gasteiger partial charge is 0.306 e. The molecule has 1 N–H and O–H groups in total. The van der Waals surface area contributed by atoms with Crippen LogP contribution in [-0.4, -0.2) is 10.5 Å². The highest BCUT2D eigenvalue weighted by Crippen LogP contribution is 2.13. The highest BCUT2D eigenvalue weighted by Gasteiger charge is 2.17. The van der Waals surface area contributed by atoms with Crippen molar-refractivity contribution in [3.8, 4) is 0 Å². The minimum absolute atomic E-state index is 0.248. The molecule has 0 saturated carbocycles. The summed E-state index contributed by atoms with van der Waals surface area (Å²) in [6.45, 7) is 7.55. The van der Waals surface area contributed by atoms with E-state index in [9.17, 15) is 0 Å². The van der Waals surface area contributed by atoms with Gasteiger partial charge >= 0.3 is 0 Å². The van der Waals surface area contributed by atoms with Gasteiger partial charge in [-0.05, 0) is 31.9 Å². The summed E-state index contributed by atoms with van der Waals surface area (Å²) in [5.41, 5.74) is 1.36. The van der Waals surface area contributed by atoms with Crippen molar-refractivity contribution in [1.82, 2.24) is 10.3 Å². The minimum atomic E-state index is 0.248. The van der Waals surface area contributed by atoms with Gasteiger partial charge in [0.2, 0.25) is 0 Å². The van der Waals surface area contributed by atoms with E-state index in [4.69, 9.17) is 0 Å². The van der Waals surface area contributed by atoms with Gasteiger partial charge in [-0.15, -0.1) is 0 Å². The first kappa shape index (κ1) is 11.2. The SMILES string of the molecule is CCC(C)(CC)NCc1ccccn1. The van der Waals surface area contributed by atoms with E-state index in [1.807, 2.05) is 18.3 Å². The van der Waals surface area contributed by atoms with Crippen LogP contribution in [0.2, 0.25) is 0 Å². The summed E-state index contributed by atoms with van der Waals surface area (Å²) < 4.78 is 0. The van der Waals surface area contributed by atoms with E-state index in [-0.39, 0.29) is 5.54 Å². The normalized spacial score (nSPS) is 11.6. The van der Waals surface area contributed by atoms with E-state index in [0.29, 0.717) is 0 Å². The van der Waals surface area contributed by atoms with E-state index in [2.05, 4.69) is 37.1 Å². The number of hydrogen-bond donors (Lipinski definition) is 1. The molecule has 1 heterocycles. The van der Waals surface area contributed by atoms with Crippen LogP contribution in [0.5, 0.6) is 0 Å². The van der Waals surface area contributed by atoms with Crippen LogP contribution >= 0.6 is 0 Å². The fourth-order valence-corrected chi connectivity index (χ4v) is 1.31. The van der Waals surface area contributed by atoms with Crippen LogP contribution in [-0.2, 0) is 6.54 Å². The van der Waals surface area contributed by atoms with Crippen molar-refractivity contribution in [1.29, 1.82) is 0 Å². The molecule has 0 amide bonds. The molecule has 14 heavy (non-hydrogen) atoms. The van der Waals surface area contributed by atoms with Gasteiger partial charge in [0, 0.05) is 18.3 Å². The van der Waals surface area contributed by atoms with Gasteiger partial charge in [0.15, 0.2) is 0 Å². The Kier molecular flexibility index (Phi) is 4.08. The molecule has 0 atom stereocenters. The highest BCUT2D eigenvalue weighted by molar-refractivity contribution is 5.03. The molecular formula is C12H20N2. The Labute approximate surface area is 86.8 Å². The lowest BCUT2D eigenvalue weighted by Crippen LogP contribution is -2.40. The summed E-state index contributed by atoms with van der Waals surface area (Å²) in [7, 11) is 0. The van der Waals surface area contributed by atoms with Gasteiger partial charge in [0.05, 0.1) is 5.69 Å². The first-order chi connectivity index (χ1) is 6.70. The van der Waals surface area contributed by atoms with Gasteiger partial charge in [-0.25, -0.2) is 0 Å². The molecule has 0 unspecified atom stereocenters. The van der Waals surface area contributed by atoms with E-state index in [0.717, 1.165) is 25.1 Å². The maximum absolute atomic E-state index is 4.29. The standard InChI is InChI=1S/C12H20N2/c1-4-12(3,5-2)14-10-11-8-6-7-9-13-11/h6-9,14H,4-5,10H2,1-3H3. The predicted octanol–water partition coefficient (Wildman–Crippen LogP) is 2.75. The summed E-state index contributed by atoms with van der Waals surface area (Å²) >= 11 is 0. The zero-order chi connectivity index (χ0) is 10.4. The van der Waals surface area contributed by atoms with Gasteiger partial charge in [-0.1, -0.05) is 19.9 Å². The van der Waals surface area contributed by atoms with Crippen molar-refractivity contribution in [3.63, 3.8) is 0 Å². The van der Waals surface area contributed by atoms with Crippen LogP contribution in [0.3, 0.4) is 0 Å². The molecule has 0 radical (unpaired) electrons. The first-order valence-corrected chi connectivity index (χ1v) is 5.35. The number of nitrogens with zero attached hydrogens (tertiary/aromatic N) is 1. The third kappa shape index (κ3) is 3.11. The van der Waals surface area contributed by atoms with Gasteiger partial charge < -0.3 is 5.32 Å². The van der Waals surface area contributed by atoms with Crippen LogP contribution in [0.15, 0.2) is 24.4 Å². The average molecular weight is 192 g/mol. The Hall–Kier alpha value is -0.890. The Balaban J connectivity index is 2.48. The lowest BCUT2D eigenvalue weighted by atomic mass is 9.95. The molecule has 2 nitrogen and oxygen atoms in total. The van der Waals surface area contributed by atoms with Crippen molar-refractivity contribution in [3.05, 3.63) is 30.1 Å². The third-order valence-electron chi connectivity index (χ3n) is 2.98. The summed E-state index contributed by atoms with van der Waals surface area (Å²) in [6, 6.07) is 6.03. The summed E-state index contributed by atoms with van der Waals surface area (Å²) in [5, 5.41) is 3.55. The topological polar surface area (TPSA) is 24.9 Å². The number of rotatable bonds is 5. The van der Waals surface area contributed by atoms with Crippen LogP contribution in [0.25, 0.3) is 0 Å². The summed E-state index contributed by atoms with van der Waals surface area (Å²) in [4.78, 5) is 4.29. The van der Waals surface area contributed by atoms with Gasteiger partial charge in [-0.3, -0.25) is 4.98 Å². The second kappa shape index (κ2) is 5.11. The molecule has 0 aromatic carbocycles. The predicted molar refractivity (Wildman–Crippen MR) is 60.1 cm³/mol. The number of nitrogens with one attached hydrogen (secondary N) is 1. The lowest BCUT2D eigenvalue weighted by Gasteiger charge is -2.28. The Morgan fingerprint density at radius 2 is 2.00 bits per heavy atom. The summed E-state index contributed by atoms with van der Waals surface area (Å²) in [5.74, 6) is 0. The van der Waals surface area contributed by atoms with E-state index in [1.165, 1.54) is 0 Å².